The maximum absolute atomic E-state index is 12.9. The van der Waals surface area contributed by atoms with Gasteiger partial charge in [-0.25, -0.2) is 4.18 Å². The van der Waals surface area contributed by atoms with Crippen LogP contribution in [-0.4, -0.2) is 97.5 Å². The highest BCUT2D eigenvalue weighted by atomic mass is 32.3. The lowest BCUT2D eigenvalue weighted by molar-refractivity contribution is -0.301. The third kappa shape index (κ3) is 34.8. The van der Waals surface area contributed by atoms with Gasteiger partial charge in [0, 0.05) is 13.0 Å². The fraction of sp³-hybridized carbons (Fsp3) is 0.745. The Morgan fingerprint density at radius 1 is 0.609 bits per heavy atom. The predicted molar refractivity (Wildman–Crippen MR) is 257 cm³/mol. The molecule has 0 aromatic rings. The molecule has 6 atom stereocenters. The molecular weight excluding hydrogens is 837 g/mol. The molecule has 6 unspecified atom stereocenters. The topological polar surface area (TPSA) is 178 Å². The molecule has 0 saturated carbocycles. The number of aliphatic hydroxyl groups excluding tert-OH is 3. The van der Waals surface area contributed by atoms with Crippen molar-refractivity contribution in [2.75, 3.05) is 26.4 Å². The maximum atomic E-state index is 12.9. The SMILES string of the molecule is CC/C=C\C/C=C\C/C=C\C/C=C\CCCCCCC(=O)OC(COCCCCCCCCCCCC/C=C\C/C=C\CCCCC)COC1OC(CO)C(O)C(OS(=O)(=O)O)C1O. The van der Waals surface area contributed by atoms with Crippen molar-refractivity contribution < 1.29 is 56.2 Å². The number of rotatable bonds is 42. The third-order valence-electron chi connectivity index (χ3n) is 10.8. The van der Waals surface area contributed by atoms with Crippen molar-refractivity contribution >= 4 is 16.4 Å². The van der Waals surface area contributed by atoms with Crippen LogP contribution in [0, 0.1) is 0 Å². The van der Waals surface area contributed by atoms with E-state index in [1.54, 1.807) is 0 Å². The molecule has 1 aliphatic heterocycles. The van der Waals surface area contributed by atoms with Gasteiger partial charge < -0.3 is 34.3 Å². The zero-order valence-electron chi connectivity index (χ0n) is 39.6. The molecule has 0 amide bonds. The van der Waals surface area contributed by atoms with Crippen LogP contribution in [0.5, 0.6) is 0 Å². The van der Waals surface area contributed by atoms with Crippen LogP contribution >= 0.6 is 0 Å². The predicted octanol–water partition coefficient (Wildman–Crippen LogP) is 11.1. The van der Waals surface area contributed by atoms with Gasteiger partial charge in [-0.2, -0.15) is 8.42 Å². The normalized spacial score (nSPS) is 20.4. The van der Waals surface area contributed by atoms with Crippen molar-refractivity contribution in [3.63, 3.8) is 0 Å². The molecule has 4 N–H and O–H groups in total. The Bertz CT molecular complexity index is 1390. The number of esters is 1. The molecule has 13 heteroatoms. The van der Waals surface area contributed by atoms with Gasteiger partial charge in [-0.05, 0) is 83.5 Å². The third-order valence-corrected chi connectivity index (χ3v) is 11.3. The van der Waals surface area contributed by atoms with E-state index >= 15 is 0 Å². The lowest BCUT2D eigenvalue weighted by Crippen LogP contribution is -2.60. The molecule has 0 spiro atoms. The van der Waals surface area contributed by atoms with Gasteiger partial charge in [0.1, 0.15) is 30.5 Å². The van der Waals surface area contributed by atoms with E-state index in [2.05, 4.69) is 90.9 Å². The zero-order chi connectivity index (χ0) is 46.8. The molecule has 1 rings (SSSR count). The first-order chi connectivity index (χ1) is 31.1. The highest BCUT2D eigenvalue weighted by Gasteiger charge is 2.48. The summed E-state index contributed by atoms with van der Waals surface area (Å²) in [6.07, 6.45) is 45.0. The van der Waals surface area contributed by atoms with Crippen molar-refractivity contribution in [3.05, 3.63) is 72.9 Å². The summed E-state index contributed by atoms with van der Waals surface area (Å²) >= 11 is 0. The molecule has 0 aliphatic carbocycles. The van der Waals surface area contributed by atoms with Crippen LogP contribution in [0.25, 0.3) is 0 Å². The summed E-state index contributed by atoms with van der Waals surface area (Å²) in [5.74, 6) is -0.425. The van der Waals surface area contributed by atoms with Crippen LogP contribution in [-0.2, 0) is 38.3 Å². The van der Waals surface area contributed by atoms with Crippen molar-refractivity contribution in [2.24, 2.45) is 0 Å². The minimum atomic E-state index is -5.07. The molecular formula is C51H88O12S. The molecule has 370 valence electrons. The number of unbranched alkanes of at least 4 members (excludes halogenated alkanes) is 17. The van der Waals surface area contributed by atoms with Crippen LogP contribution in [0.2, 0.25) is 0 Å². The number of hydrogen-bond donors (Lipinski definition) is 4. The monoisotopic (exact) mass is 925 g/mol. The summed E-state index contributed by atoms with van der Waals surface area (Å²) in [5.41, 5.74) is 0. The zero-order valence-corrected chi connectivity index (χ0v) is 40.4. The lowest BCUT2D eigenvalue weighted by atomic mass is 9.99. The Balaban J connectivity index is 2.40. The van der Waals surface area contributed by atoms with E-state index in [0.717, 1.165) is 77.0 Å². The largest absolute Gasteiger partial charge is 0.457 e. The van der Waals surface area contributed by atoms with Gasteiger partial charge in [0.25, 0.3) is 0 Å². The molecule has 1 fully saturated rings. The number of ether oxygens (including phenoxy) is 4. The number of allylic oxidation sites excluding steroid dienone is 12. The van der Waals surface area contributed by atoms with E-state index in [9.17, 15) is 33.1 Å². The van der Waals surface area contributed by atoms with E-state index < -0.39 is 59.8 Å². The fourth-order valence-electron chi connectivity index (χ4n) is 7.10. The highest BCUT2D eigenvalue weighted by molar-refractivity contribution is 7.80. The van der Waals surface area contributed by atoms with E-state index in [0.29, 0.717) is 13.0 Å². The second-order valence-electron chi connectivity index (χ2n) is 16.7. The molecule has 12 nitrogen and oxygen atoms in total. The van der Waals surface area contributed by atoms with Crippen LogP contribution in [0.1, 0.15) is 181 Å². The smallest absolute Gasteiger partial charge is 0.397 e. The summed E-state index contributed by atoms with van der Waals surface area (Å²) < 4.78 is 59.2. The minimum Gasteiger partial charge on any atom is -0.457 e. The Labute approximate surface area is 388 Å². The molecule has 0 bridgehead atoms. The summed E-state index contributed by atoms with van der Waals surface area (Å²) in [6.45, 7) is 3.81. The van der Waals surface area contributed by atoms with Crippen LogP contribution in [0.3, 0.4) is 0 Å². The summed E-state index contributed by atoms with van der Waals surface area (Å²) in [7, 11) is -5.07. The standard InChI is InChI=1S/C51H88O12S/c1-3-5-7-9-11-13-15-17-19-21-22-23-25-27-29-31-33-35-37-39-41-59-43-45(44-60-51-49(55)50(63-64(56,57)58)48(54)46(42-52)62-51)61-47(53)40-38-36-34-32-30-28-26-24-20-18-16-14-12-10-8-6-4-2/h6,8,11-14,17-20,26,28,45-46,48-52,54-55H,3-5,7,9-10,15-16,21-25,27,29-44H2,1-2H3,(H,56,57,58)/b8-6-,13-11-,14-12-,19-17-,20-18-,28-26-. The van der Waals surface area contributed by atoms with Crippen LogP contribution in [0.4, 0.5) is 0 Å². The van der Waals surface area contributed by atoms with E-state index in [1.165, 1.54) is 77.0 Å². The van der Waals surface area contributed by atoms with Gasteiger partial charge in [0.2, 0.25) is 0 Å². The van der Waals surface area contributed by atoms with Gasteiger partial charge in [-0.1, -0.05) is 164 Å². The van der Waals surface area contributed by atoms with E-state index in [4.69, 9.17) is 18.9 Å². The lowest BCUT2D eigenvalue weighted by Gasteiger charge is -2.41. The Hall–Kier alpha value is -2.46. The molecule has 1 aliphatic rings. The first kappa shape index (κ1) is 59.6. The van der Waals surface area contributed by atoms with Crippen molar-refractivity contribution in [1.29, 1.82) is 0 Å². The summed E-state index contributed by atoms with van der Waals surface area (Å²) in [6, 6.07) is 0. The Morgan fingerprint density at radius 2 is 1.08 bits per heavy atom. The average molecular weight is 925 g/mol. The molecule has 64 heavy (non-hydrogen) atoms. The number of carbonyl (C=O) groups is 1. The molecule has 1 saturated heterocycles. The number of carbonyl (C=O) groups excluding carboxylic acids is 1. The second-order valence-corrected chi connectivity index (χ2v) is 17.7. The van der Waals surface area contributed by atoms with Crippen LogP contribution < -0.4 is 0 Å². The Kier molecular flexibility index (Phi) is 39.0. The second kappa shape index (κ2) is 41.9. The van der Waals surface area contributed by atoms with Crippen molar-refractivity contribution in [2.45, 2.75) is 218 Å². The van der Waals surface area contributed by atoms with E-state index in [1.807, 2.05) is 0 Å². The van der Waals surface area contributed by atoms with Gasteiger partial charge in [0.05, 0.1) is 19.8 Å². The van der Waals surface area contributed by atoms with Crippen LogP contribution in [0.15, 0.2) is 72.9 Å². The van der Waals surface area contributed by atoms with E-state index in [-0.39, 0.29) is 19.6 Å². The quantitative estimate of drug-likeness (QED) is 0.0197. The fourth-order valence-corrected chi connectivity index (χ4v) is 7.61. The van der Waals surface area contributed by atoms with Gasteiger partial charge >= 0.3 is 16.4 Å². The van der Waals surface area contributed by atoms with Crippen molar-refractivity contribution in [3.8, 4) is 0 Å². The number of hydrogen-bond acceptors (Lipinski definition) is 11. The maximum Gasteiger partial charge on any atom is 0.397 e. The van der Waals surface area contributed by atoms with Crippen molar-refractivity contribution in [1.82, 2.24) is 0 Å². The first-order valence-corrected chi connectivity index (χ1v) is 26.1. The molecule has 0 aromatic heterocycles. The molecule has 1 heterocycles. The summed E-state index contributed by atoms with van der Waals surface area (Å²) in [5, 5.41) is 30.7. The summed E-state index contributed by atoms with van der Waals surface area (Å²) in [4.78, 5) is 12.9. The first-order valence-electron chi connectivity index (χ1n) is 24.7. The molecule has 0 radical (unpaired) electrons. The average Bonchev–Trinajstić information content (AvgIpc) is 3.27. The highest BCUT2D eigenvalue weighted by Crippen LogP contribution is 2.26. The Morgan fingerprint density at radius 3 is 1.58 bits per heavy atom. The van der Waals surface area contributed by atoms with Gasteiger partial charge in [0.15, 0.2) is 6.29 Å². The van der Waals surface area contributed by atoms with Gasteiger partial charge in [-0.15, -0.1) is 0 Å². The molecule has 0 aromatic carbocycles. The number of aliphatic hydroxyl groups is 3. The minimum absolute atomic E-state index is 0.0202. The van der Waals surface area contributed by atoms with Gasteiger partial charge in [-0.3, -0.25) is 9.35 Å².